The Kier molecular flexibility index (Phi) is 17.8. The number of unbranched alkanes of at least 4 members (excludes halogenated alkanes) is 2. The van der Waals surface area contributed by atoms with Crippen LogP contribution in [0.2, 0.25) is 0 Å². The molecule has 0 spiro atoms. The van der Waals surface area contributed by atoms with Crippen LogP contribution in [0.3, 0.4) is 0 Å². The molecule has 7 rings (SSSR count). The average Bonchev–Trinajstić information content (AvgIpc) is 3.36. The first-order valence-corrected chi connectivity index (χ1v) is 24.2. The predicted molar refractivity (Wildman–Crippen MR) is 258 cm³/mol. The van der Waals surface area contributed by atoms with Crippen molar-refractivity contribution in [2.75, 3.05) is 59.6 Å². The first-order valence-electron chi connectivity index (χ1n) is 24.2. The number of anilines is 1. The van der Waals surface area contributed by atoms with Crippen LogP contribution in [0.5, 0.6) is 28.7 Å². The number of nitrogens with one attached hydrogen (secondary N) is 1. The fourth-order valence-corrected chi connectivity index (χ4v) is 10.5. The highest BCUT2D eigenvalue weighted by atomic mass is 16.8. The molecule has 0 bridgehead atoms. The van der Waals surface area contributed by atoms with Crippen molar-refractivity contribution in [1.29, 1.82) is 0 Å². The van der Waals surface area contributed by atoms with Gasteiger partial charge < -0.3 is 53.1 Å². The minimum absolute atomic E-state index is 0.00377. The van der Waals surface area contributed by atoms with Crippen molar-refractivity contribution < 1.29 is 57.8 Å². The molecule has 368 valence electrons. The molecule has 2 fully saturated rings. The van der Waals surface area contributed by atoms with Crippen LogP contribution in [0.1, 0.15) is 94.6 Å². The van der Waals surface area contributed by atoms with Crippen LogP contribution < -0.4 is 29.0 Å². The molecule has 68 heavy (non-hydrogen) atoms. The lowest BCUT2D eigenvalue weighted by atomic mass is 9.55. The fourth-order valence-electron chi connectivity index (χ4n) is 10.5. The summed E-state index contributed by atoms with van der Waals surface area (Å²) in [6.45, 7) is 7.34. The Morgan fingerprint density at radius 3 is 2.44 bits per heavy atom. The number of amides is 2. The van der Waals surface area contributed by atoms with Crippen molar-refractivity contribution in [3.05, 3.63) is 96.1 Å². The second-order valence-electron chi connectivity index (χ2n) is 17.9. The molecule has 4 aliphatic rings. The summed E-state index contributed by atoms with van der Waals surface area (Å²) in [5, 5.41) is 27.8. The average molecular weight is 940 g/mol. The van der Waals surface area contributed by atoms with E-state index < -0.39 is 30.1 Å². The van der Waals surface area contributed by atoms with Gasteiger partial charge in [0, 0.05) is 50.1 Å². The van der Waals surface area contributed by atoms with Gasteiger partial charge in [-0.2, -0.15) is 0 Å². The zero-order valence-corrected chi connectivity index (χ0v) is 40.0. The molecular formula is C53H69N3O12. The number of aliphatic hydroxyl groups is 2. The van der Waals surface area contributed by atoms with E-state index in [1.165, 1.54) is 7.11 Å². The Balaban J connectivity index is 1.39. The Bertz CT molecular complexity index is 2240. The number of allylic oxidation sites excluding steroid dienone is 1. The SMILES string of the molecule is C=CCOC12Oc3ccc(OC(=O)Nc4ccc(OC)cc4OC)cc3C3C(CCCCO)C(CCCCO)C=C(C(=NOC4CCCCO4)CC1N(CCC)C(=O)Cc1cccc(OC)c1)C32. The quantitative estimate of drug-likeness (QED) is 0.0468. The van der Waals surface area contributed by atoms with Gasteiger partial charge in [0.25, 0.3) is 0 Å². The van der Waals surface area contributed by atoms with Crippen molar-refractivity contribution in [3.63, 3.8) is 0 Å². The molecule has 3 aromatic rings. The molecule has 2 heterocycles. The minimum Gasteiger partial charge on any atom is -0.497 e. The van der Waals surface area contributed by atoms with Crippen LogP contribution in [0.4, 0.5) is 10.5 Å². The summed E-state index contributed by atoms with van der Waals surface area (Å²) in [6, 6.07) is 17.3. The zero-order valence-electron chi connectivity index (χ0n) is 40.0. The van der Waals surface area contributed by atoms with Gasteiger partial charge in [0.1, 0.15) is 34.8 Å². The third kappa shape index (κ3) is 11.5. The molecule has 3 N–H and O–H groups in total. The third-order valence-corrected chi connectivity index (χ3v) is 13.6. The first kappa shape index (κ1) is 50.3. The van der Waals surface area contributed by atoms with Gasteiger partial charge in [-0.05, 0) is 110 Å². The lowest BCUT2D eigenvalue weighted by molar-refractivity contribution is -0.257. The van der Waals surface area contributed by atoms with Crippen molar-refractivity contribution in [2.24, 2.45) is 22.9 Å². The van der Waals surface area contributed by atoms with Crippen molar-refractivity contribution in [3.8, 4) is 28.7 Å². The summed E-state index contributed by atoms with van der Waals surface area (Å²) >= 11 is 0. The Morgan fingerprint density at radius 2 is 1.72 bits per heavy atom. The molecule has 1 saturated carbocycles. The molecular weight excluding hydrogens is 871 g/mol. The van der Waals surface area contributed by atoms with E-state index in [-0.39, 0.29) is 56.3 Å². The van der Waals surface area contributed by atoms with E-state index in [0.29, 0.717) is 79.0 Å². The number of hydrogen-bond acceptors (Lipinski definition) is 13. The smallest absolute Gasteiger partial charge is 0.417 e. The first-order chi connectivity index (χ1) is 33.2. The van der Waals surface area contributed by atoms with Crippen molar-refractivity contribution >= 4 is 23.4 Å². The monoisotopic (exact) mass is 939 g/mol. The Labute approximate surface area is 400 Å². The predicted octanol–water partition coefficient (Wildman–Crippen LogP) is 8.96. The third-order valence-electron chi connectivity index (χ3n) is 13.6. The van der Waals surface area contributed by atoms with Gasteiger partial charge in [-0.25, -0.2) is 4.79 Å². The maximum atomic E-state index is 15.0. The van der Waals surface area contributed by atoms with E-state index in [9.17, 15) is 15.0 Å². The topological polar surface area (TPSA) is 176 Å². The van der Waals surface area contributed by atoms with E-state index in [0.717, 1.165) is 55.2 Å². The second kappa shape index (κ2) is 24.1. The lowest BCUT2D eigenvalue weighted by Gasteiger charge is -2.60. The number of ether oxygens (including phenoxy) is 7. The maximum absolute atomic E-state index is 15.0. The van der Waals surface area contributed by atoms with Gasteiger partial charge in [-0.3, -0.25) is 10.1 Å². The molecule has 7 atom stereocenters. The molecule has 0 radical (unpaired) electrons. The Morgan fingerprint density at radius 1 is 0.941 bits per heavy atom. The standard InChI is InChI=1S/C53H69N3O12/c1-6-24-56(48(59)30-35-15-14-17-37(29-35)61-3)47-34-44(55-68-49-19-10-13-28-64-49)41-31-36(16-8-11-25-57)40(18-9-12-26-58)50-42-32-39(21-23-45(42)67-53(47,51(41)50)65-27-7-2)66-52(60)54-43-22-20-38(62-4)33-46(43)63-5/h7,14-15,17,20-23,29,31-33,36,40,47,49-51,57-58H,2,6,8-13,16,18-19,24-28,30,34H2,1,3-5H3,(H,54,60). The summed E-state index contributed by atoms with van der Waals surface area (Å²) in [5.74, 6) is -0.0129. The largest absolute Gasteiger partial charge is 0.497 e. The van der Waals surface area contributed by atoms with E-state index in [2.05, 4.69) is 18.0 Å². The van der Waals surface area contributed by atoms with Gasteiger partial charge in [-0.15, -0.1) is 6.58 Å². The van der Waals surface area contributed by atoms with Gasteiger partial charge in [0.2, 0.25) is 18.0 Å². The molecule has 15 nitrogen and oxygen atoms in total. The number of methoxy groups -OCH3 is 3. The molecule has 1 saturated heterocycles. The number of rotatable bonds is 23. The summed E-state index contributed by atoms with van der Waals surface area (Å²) in [5.41, 5.74) is 3.60. The van der Waals surface area contributed by atoms with Crippen LogP contribution >= 0.6 is 0 Å². The van der Waals surface area contributed by atoms with Crippen LogP contribution in [0, 0.1) is 17.8 Å². The maximum Gasteiger partial charge on any atom is 0.417 e. The van der Waals surface area contributed by atoms with Gasteiger partial charge in [-0.1, -0.05) is 49.2 Å². The molecule has 7 unspecified atom stereocenters. The number of oxime groups is 1. The number of hydrogen-bond donors (Lipinski definition) is 3. The lowest BCUT2D eigenvalue weighted by Crippen LogP contribution is -2.70. The van der Waals surface area contributed by atoms with Gasteiger partial charge in [0.05, 0.1) is 58.3 Å². The summed E-state index contributed by atoms with van der Waals surface area (Å²) in [7, 11) is 4.67. The molecule has 2 aliphatic carbocycles. The number of carbonyl (C=O) groups is 2. The summed E-state index contributed by atoms with van der Waals surface area (Å²) in [4.78, 5) is 36.9. The molecule has 2 amide bonds. The van der Waals surface area contributed by atoms with Crippen LogP contribution in [0.25, 0.3) is 0 Å². The second-order valence-corrected chi connectivity index (χ2v) is 17.9. The summed E-state index contributed by atoms with van der Waals surface area (Å²) < 4.78 is 43.0. The highest BCUT2D eigenvalue weighted by Crippen LogP contribution is 2.62. The van der Waals surface area contributed by atoms with Crippen LogP contribution in [0.15, 0.2) is 90.1 Å². The van der Waals surface area contributed by atoms with Crippen LogP contribution in [-0.4, -0.2) is 105 Å². The molecule has 0 aromatic heterocycles. The zero-order chi connectivity index (χ0) is 48.0. The molecule has 3 aromatic carbocycles. The normalized spacial score (nSPS) is 24.3. The van der Waals surface area contributed by atoms with E-state index >= 15 is 4.79 Å². The van der Waals surface area contributed by atoms with Crippen molar-refractivity contribution in [2.45, 2.75) is 108 Å². The van der Waals surface area contributed by atoms with Gasteiger partial charge >= 0.3 is 6.09 Å². The highest BCUT2D eigenvalue weighted by molar-refractivity contribution is 6.03. The van der Waals surface area contributed by atoms with Crippen LogP contribution in [-0.2, 0) is 25.5 Å². The number of nitrogens with zero attached hydrogens (tertiary/aromatic N) is 2. The van der Waals surface area contributed by atoms with E-state index in [1.54, 1.807) is 44.6 Å². The van der Waals surface area contributed by atoms with Gasteiger partial charge in [0.15, 0.2) is 0 Å². The summed E-state index contributed by atoms with van der Waals surface area (Å²) in [6.07, 6.45) is 10.7. The highest BCUT2D eigenvalue weighted by Gasteiger charge is 2.65. The van der Waals surface area contributed by atoms with E-state index in [4.69, 9.17) is 43.2 Å². The molecule has 2 aliphatic heterocycles. The van der Waals surface area contributed by atoms with Crippen molar-refractivity contribution in [1.82, 2.24) is 4.90 Å². The Hall–Kier alpha value is -5.61. The molecule has 15 heteroatoms. The van der Waals surface area contributed by atoms with E-state index in [1.807, 2.05) is 48.2 Å². The number of aliphatic hydroxyl groups excluding tert-OH is 2. The number of carbonyl (C=O) groups excluding carboxylic acids is 2. The fraction of sp³-hybridized carbons (Fsp3) is 0.528. The minimum atomic E-state index is -1.45. The number of benzene rings is 3. The number of fused-ring (bicyclic) bond motifs is 2.